The molecule has 0 saturated carbocycles. The lowest BCUT2D eigenvalue weighted by Crippen LogP contribution is -2.33. The molecule has 3 rings (SSSR count). The van der Waals surface area contributed by atoms with Gasteiger partial charge in [-0.15, -0.1) is 6.42 Å². The number of benzene rings is 1. The molecule has 1 N–H and O–H groups in total. The van der Waals surface area contributed by atoms with Gasteiger partial charge in [-0.1, -0.05) is 17.7 Å². The molecule has 0 radical (unpaired) electrons. The lowest BCUT2D eigenvalue weighted by atomic mass is 9.86. The molecule has 0 spiro atoms. The van der Waals surface area contributed by atoms with Crippen LogP contribution < -0.4 is 25.1 Å². The Morgan fingerprint density at radius 2 is 1.86 bits per heavy atom. The number of carbonyl (C=O) groups is 1. The van der Waals surface area contributed by atoms with Crippen molar-refractivity contribution in [1.29, 1.82) is 0 Å². The number of fused-ring (bicyclic) bond motifs is 1. The lowest BCUT2D eigenvalue weighted by Gasteiger charge is -2.28. The third kappa shape index (κ3) is 3.76. The number of hydrogen-bond acceptors (Lipinski definition) is 7. The van der Waals surface area contributed by atoms with E-state index in [1.807, 2.05) is 0 Å². The van der Waals surface area contributed by atoms with Gasteiger partial charge in [-0.2, -0.15) is 4.98 Å². The first-order valence-corrected chi connectivity index (χ1v) is 9.70. The van der Waals surface area contributed by atoms with Crippen LogP contribution in [0.15, 0.2) is 22.1 Å². The minimum Gasteiger partial charge on any atom is -0.496 e. The third-order valence-electron chi connectivity index (χ3n) is 4.70. The van der Waals surface area contributed by atoms with E-state index in [9.17, 15) is 9.59 Å². The summed E-state index contributed by atoms with van der Waals surface area (Å²) >= 11 is 1.25. The summed E-state index contributed by atoms with van der Waals surface area (Å²) in [5, 5.41) is 3.23. The maximum atomic E-state index is 12.9. The molecule has 0 saturated heterocycles. The van der Waals surface area contributed by atoms with Gasteiger partial charge in [0, 0.05) is 31.0 Å². The van der Waals surface area contributed by atoms with E-state index in [1.54, 1.807) is 23.7 Å². The van der Waals surface area contributed by atoms with Crippen molar-refractivity contribution in [3.05, 3.63) is 33.6 Å². The van der Waals surface area contributed by atoms with E-state index in [0.717, 1.165) is 0 Å². The van der Waals surface area contributed by atoms with Crippen molar-refractivity contribution < 1.29 is 19.0 Å². The molecule has 1 aliphatic rings. The number of methoxy groups -OCH3 is 3. The van der Waals surface area contributed by atoms with Crippen LogP contribution >= 0.6 is 11.8 Å². The summed E-state index contributed by atoms with van der Waals surface area (Å²) in [6.07, 6.45) is 5.39. The highest BCUT2D eigenvalue weighted by atomic mass is 32.2. The van der Waals surface area contributed by atoms with Gasteiger partial charge < -0.3 is 24.1 Å². The molecule has 1 amide bonds. The van der Waals surface area contributed by atoms with Gasteiger partial charge in [0.25, 0.3) is 5.56 Å². The molecule has 152 valence electrons. The number of rotatable bonds is 6. The molecule has 1 unspecified atom stereocenters. The molecular formula is C20H21N3O5S. The number of aromatic nitrogens is 2. The molecule has 1 atom stereocenters. The monoisotopic (exact) mass is 415 g/mol. The fraction of sp³-hybridized carbons (Fsp3) is 0.350. The summed E-state index contributed by atoms with van der Waals surface area (Å²) in [5.41, 5.74) is 0.617. The van der Waals surface area contributed by atoms with E-state index in [4.69, 9.17) is 20.6 Å². The zero-order valence-corrected chi connectivity index (χ0v) is 17.4. The maximum Gasteiger partial charge on any atom is 0.279 e. The molecule has 0 aliphatic carbocycles. The van der Waals surface area contributed by atoms with E-state index < -0.39 is 11.5 Å². The van der Waals surface area contributed by atoms with Crippen LogP contribution in [-0.4, -0.2) is 42.5 Å². The summed E-state index contributed by atoms with van der Waals surface area (Å²) in [4.78, 5) is 29.6. The Hall–Kier alpha value is -3.12. The van der Waals surface area contributed by atoms with Gasteiger partial charge in [-0.05, 0) is 6.07 Å². The third-order valence-corrected chi connectivity index (χ3v) is 5.63. The van der Waals surface area contributed by atoms with Crippen LogP contribution in [0.2, 0.25) is 0 Å². The van der Waals surface area contributed by atoms with Crippen LogP contribution in [0.3, 0.4) is 0 Å². The molecule has 29 heavy (non-hydrogen) atoms. The minimum atomic E-state index is -0.550. The Bertz CT molecular complexity index is 1060. The van der Waals surface area contributed by atoms with Gasteiger partial charge in [0.15, 0.2) is 16.7 Å². The molecule has 0 bridgehead atoms. The standard InChI is InChI=1S/C20H21N3O5S/c1-6-7-29-20-22-19(25)17-12(9-16(24)21-18(17)23(20)2)11-8-14(27-4)15(28-5)10-13(11)26-3/h1,8,10,12H,7,9H2,2-5H3,(H,21,24). The van der Waals surface area contributed by atoms with Crippen molar-refractivity contribution in [2.75, 3.05) is 32.4 Å². The van der Waals surface area contributed by atoms with Crippen molar-refractivity contribution in [1.82, 2.24) is 9.55 Å². The van der Waals surface area contributed by atoms with Gasteiger partial charge >= 0.3 is 0 Å². The molecule has 2 heterocycles. The topological polar surface area (TPSA) is 91.7 Å². The van der Waals surface area contributed by atoms with E-state index in [-0.39, 0.29) is 12.3 Å². The van der Waals surface area contributed by atoms with Crippen molar-refractivity contribution in [2.24, 2.45) is 7.05 Å². The average Bonchev–Trinajstić information content (AvgIpc) is 2.73. The molecule has 9 heteroatoms. The maximum absolute atomic E-state index is 12.9. The normalized spacial score (nSPS) is 15.1. The summed E-state index contributed by atoms with van der Waals surface area (Å²) in [6.45, 7) is 0. The number of amides is 1. The second-order valence-electron chi connectivity index (χ2n) is 6.27. The predicted octanol–water partition coefficient (Wildman–Crippen LogP) is 2.01. The van der Waals surface area contributed by atoms with Gasteiger partial charge in [0.05, 0.1) is 32.6 Å². The molecule has 0 fully saturated rings. The number of hydrogen-bond donors (Lipinski definition) is 1. The summed E-state index contributed by atoms with van der Waals surface area (Å²) in [5.74, 6) is 3.95. The fourth-order valence-electron chi connectivity index (χ4n) is 3.36. The zero-order valence-electron chi connectivity index (χ0n) is 16.6. The Kier molecular flexibility index (Phi) is 6.03. The van der Waals surface area contributed by atoms with Crippen LogP contribution in [0, 0.1) is 12.3 Å². The van der Waals surface area contributed by atoms with Crippen molar-refractivity contribution in [3.8, 4) is 29.6 Å². The molecule has 1 aliphatic heterocycles. The highest BCUT2D eigenvalue weighted by molar-refractivity contribution is 7.99. The Labute approximate surface area is 172 Å². The molecule has 2 aromatic rings. The van der Waals surface area contributed by atoms with Gasteiger partial charge in [-0.3, -0.25) is 9.59 Å². The van der Waals surface area contributed by atoms with E-state index in [1.165, 1.54) is 33.1 Å². The van der Waals surface area contributed by atoms with E-state index in [2.05, 4.69) is 16.2 Å². The van der Waals surface area contributed by atoms with Crippen LogP contribution in [0.1, 0.15) is 23.5 Å². The zero-order chi connectivity index (χ0) is 21.1. The number of thioether (sulfide) groups is 1. The van der Waals surface area contributed by atoms with Gasteiger partial charge in [0.2, 0.25) is 5.91 Å². The van der Waals surface area contributed by atoms with Crippen molar-refractivity contribution in [2.45, 2.75) is 17.5 Å². The highest BCUT2D eigenvalue weighted by Crippen LogP contribution is 2.44. The smallest absolute Gasteiger partial charge is 0.279 e. The molecule has 1 aromatic carbocycles. The average molecular weight is 415 g/mol. The Balaban J connectivity index is 2.22. The minimum absolute atomic E-state index is 0.0760. The number of terminal acetylenes is 1. The van der Waals surface area contributed by atoms with Gasteiger partial charge in [-0.25, -0.2) is 0 Å². The van der Waals surface area contributed by atoms with Crippen LogP contribution in [-0.2, 0) is 11.8 Å². The van der Waals surface area contributed by atoms with E-state index >= 15 is 0 Å². The van der Waals surface area contributed by atoms with Crippen LogP contribution in [0.4, 0.5) is 5.82 Å². The number of nitrogens with zero attached hydrogens (tertiary/aromatic N) is 2. The number of ether oxygens (including phenoxy) is 3. The van der Waals surface area contributed by atoms with Gasteiger partial charge in [0.1, 0.15) is 11.6 Å². The number of anilines is 1. The van der Waals surface area contributed by atoms with Crippen LogP contribution in [0.5, 0.6) is 17.2 Å². The van der Waals surface area contributed by atoms with Crippen molar-refractivity contribution >= 4 is 23.5 Å². The lowest BCUT2D eigenvalue weighted by molar-refractivity contribution is -0.116. The Morgan fingerprint density at radius 1 is 1.21 bits per heavy atom. The first-order chi connectivity index (χ1) is 13.9. The predicted molar refractivity (Wildman–Crippen MR) is 110 cm³/mol. The summed E-state index contributed by atoms with van der Waals surface area (Å²) in [6, 6.07) is 3.40. The largest absolute Gasteiger partial charge is 0.496 e. The summed E-state index contributed by atoms with van der Waals surface area (Å²) < 4.78 is 17.9. The second kappa shape index (κ2) is 8.49. The number of carbonyl (C=O) groups excluding carboxylic acids is 1. The quantitative estimate of drug-likeness (QED) is 0.438. The fourth-order valence-corrected chi connectivity index (χ4v) is 4.01. The van der Waals surface area contributed by atoms with Crippen LogP contribution in [0.25, 0.3) is 0 Å². The Morgan fingerprint density at radius 3 is 2.48 bits per heavy atom. The highest BCUT2D eigenvalue weighted by Gasteiger charge is 2.34. The first kappa shape index (κ1) is 20.6. The summed E-state index contributed by atoms with van der Waals surface area (Å²) in [7, 11) is 6.30. The van der Waals surface area contributed by atoms with Crippen molar-refractivity contribution in [3.63, 3.8) is 0 Å². The first-order valence-electron chi connectivity index (χ1n) is 8.72. The van der Waals surface area contributed by atoms with E-state index in [0.29, 0.717) is 45.1 Å². The SMILES string of the molecule is C#CCSc1nc(=O)c2c(n1C)NC(=O)CC2c1cc(OC)c(OC)cc1OC. The molecule has 8 nitrogen and oxygen atoms in total. The molecule has 1 aromatic heterocycles. The second-order valence-corrected chi connectivity index (χ2v) is 7.21. The number of nitrogens with one attached hydrogen (secondary N) is 1. The molecular weight excluding hydrogens is 394 g/mol.